The molecule has 3 heterocycles. The van der Waals surface area contributed by atoms with Crippen molar-refractivity contribution in [3.63, 3.8) is 0 Å². The monoisotopic (exact) mass is 430 g/mol. The summed E-state index contributed by atoms with van der Waals surface area (Å²) in [6.45, 7) is 8.67. The summed E-state index contributed by atoms with van der Waals surface area (Å²) in [4.78, 5) is 20.4. The number of nitriles is 1. The van der Waals surface area contributed by atoms with Crippen LogP contribution in [0.5, 0.6) is 0 Å². The first-order chi connectivity index (χ1) is 15.3. The molecule has 1 aromatic carbocycles. The molecule has 0 unspecified atom stereocenters. The zero-order chi connectivity index (χ0) is 22.7. The molecule has 0 atom stereocenters. The van der Waals surface area contributed by atoms with Gasteiger partial charge in [-0.05, 0) is 34.8 Å². The van der Waals surface area contributed by atoms with Gasteiger partial charge in [-0.25, -0.2) is 0 Å². The number of oxazole rings is 1. The molecule has 3 aromatic rings. The summed E-state index contributed by atoms with van der Waals surface area (Å²) in [5.74, 6) is 1.03. The lowest BCUT2D eigenvalue weighted by Gasteiger charge is -2.34. The molecule has 1 fully saturated rings. The van der Waals surface area contributed by atoms with E-state index < -0.39 is 0 Å². The lowest BCUT2D eigenvalue weighted by atomic mass is 9.87. The largest absolute Gasteiger partial charge is 0.459 e. The van der Waals surface area contributed by atoms with Crippen molar-refractivity contribution < 1.29 is 13.6 Å². The van der Waals surface area contributed by atoms with Crippen LogP contribution in [0, 0.1) is 11.3 Å². The van der Waals surface area contributed by atoms with E-state index in [4.69, 9.17) is 8.83 Å². The highest BCUT2D eigenvalue weighted by atomic mass is 16.4. The lowest BCUT2D eigenvalue weighted by Crippen LogP contribution is -2.48. The molecule has 0 bridgehead atoms. The van der Waals surface area contributed by atoms with Crippen molar-refractivity contribution in [2.45, 2.75) is 26.2 Å². The van der Waals surface area contributed by atoms with Crippen LogP contribution in [-0.4, -0.2) is 42.0 Å². The summed E-state index contributed by atoms with van der Waals surface area (Å²) in [6, 6.07) is 13.8. The minimum absolute atomic E-state index is 0.105. The first-order valence-corrected chi connectivity index (χ1v) is 10.6. The summed E-state index contributed by atoms with van der Waals surface area (Å²) in [6.07, 6.45) is 5.18. The number of hydrogen-bond donors (Lipinski definition) is 0. The zero-order valence-corrected chi connectivity index (χ0v) is 18.5. The molecule has 0 radical (unpaired) electrons. The Kier molecular flexibility index (Phi) is 5.87. The fraction of sp³-hybridized carbons (Fsp3) is 0.320. The van der Waals surface area contributed by atoms with Crippen molar-refractivity contribution in [2.24, 2.45) is 0 Å². The molecule has 1 aliphatic heterocycles. The van der Waals surface area contributed by atoms with Gasteiger partial charge in [-0.3, -0.25) is 4.79 Å². The van der Waals surface area contributed by atoms with Gasteiger partial charge < -0.3 is 18.6 Å². The van der Waals surface area contributed by atoms with Crippen molar-refractivity contribution in [2.75, 3.05) is 31.1 Å². The van der Waals surface area contributed by atoms with Gasteiger partial charge in [-0.15, -0.1) is 0 Å². The second-order valence-electron chi connectivity index (χ2n) is 8.78. The maximum Gasteiger partial charge on any atom is 0.289 e. The third-order valence-electron chi connectivity index (χ3n) is 5.51. The Morgan fingerprint density at radius 1 is 1.09 bits per heavy atom. The van der Waals surface area contributed by atoms with Gasteiger partial charge in [0.25, 0.3) is 5.91 Å². The van der Waals surface area contributed by atoms with Crippen LogP contribution < -0.4 is 4.90 Å². The third-order valence-corrected chi connectivity index (χ3v) is 5.51. The number of rotatable bonds is 4. The molecular formula is C25H26N4O3. The van der Waals surface area contributed by atoms with E-state index in [0.717, 1.165) is 5.56 Å². The molecule has 7 nitrogen and oxygen atoms in total. The number of carbonyl (C=O) groups is 1. The van der Waals surface area contributed by atoms with E-state index in [-0.39, 0.29) is 17.0 Å². The Labute approximate surface area is 187 Å². The summed E-state index contributed by atoms with van der Waals surface area (Å²) in [5.41, 5.74) is 2.65. The number of nitrogens with zero attached hydrogens (tertiary/aromatic N) is 4. The molecule has 1 saturated heterocycles. The molecule has 164 valence electrons. The summed E-state index contributed by atoms with van der Waals surface area (Å²) >= 11 is 0. The van der Waals surface area contributed by atoms with Crippen LogP contribution in [0.1, 0.15) is 54.0 Å². The summed E-state index contributed by atoms with van der Waals surface area (Å²) in [7, 11) is 0. The first kappa shape index (κ1) is 21.4. The predicted octanol–water partition coefficient (Wildman–Crippen LogP) is 4.57. The van der Waals surface area contributed by atoms with Gasteiger partial charge in [0, 0.05) is 32.3 Å². The molecule has 32 heavy (non-hydrogen) atoms. The molecule has 0 saturated carbocycles. The molecule has 4 rings (SSSR count). The number of furan rings is 1. The normalized spacial score (nSPS) is 14.7. The van der Waals surface area contributed by atoms with E-state index >= 15 is 0 Å². The number of benzene rings is 1. The van der Waals surface area contributed by atoms with Crippen molar-refractivity contribution in [3.05, 3.63) is 71.1 Å². The first-order valence-electron chi connectivity index (χ1n) is 10.6. The fourth-order valence-corrected chi connectivity index (χ4v) is 3.62. The Bertz CT molecular complexity index is 1140. The van der Waals surface area contributed by atoms with E-state index in [9.17, 15) is 10.1 Å². The predicted molar refractivity (Wildman–Crippen MR) is 122 cm³/mol. The van der Waals surface area contributed by atoms with E-state index in [0.29, 0.717) is 43.7 Å². The van der Waals surface area contributed by atoms with Crippen LogP contribution in [0.15, 0.2) is 51.5 Å². The van der Waals surface area contributed by atoms with Gasteiger partial charge in [0.1, 0.15) is 6.07 Å². The smallest absolute Gasteiger partial charge is 0.289 e. The standard InChI is InChI=1S/C25H26N4O3/c1-25(2,3)19-9-6-18(7-10-19)8-11-22-27-20(17-26)24(32-22)29-14-12-28(13-15-29)23(30)21-5-4-16-31-21/h4-11,16H,12-15H2,1-3H3/b11-8+. The number of hydrogen-bond acceptors (Lipinski definition) is 6. The van der Waals surface area contributed by atoms with E-state index in [1.807, 2.05) is 11.0 Å². The number of piperazine rings is 1. The molecular weight excluding hydrogens is 404 g/mol. The topological polar surface area (TPSA) is 86.5 Å². The van der Waals surface area contributed by atoms with Gasteiger partial charge in [0.2, 0.25) is 17.5 Å². The van der Waals surface area contributed by atoms with Gasteiger partial charge in [0.15, 0.2) is 5.76 Å². The maximum absolute atomic E-state index is 12.4. The summed E-state index contributed by atoms with van der Waals surface area (Å²) < 4.78 is 11.1. The van der Waals surface area contributed by atoms with Crippen LogP contribution in [0.3, 0.4) is 0 Å². The van der Waals surface area contributed by atoms with Crippen LogP contribution in [0.4, 0.5) is 5.88 Å². The highest BCUT2D eigenvalue weighted by Crippen LogP contribution is 2.26. The molecule has 1 aliphatic rings. The van der Waals surface area contributed by atoms with Gasteiger partial charge >= 0.3 is 0 Å². The third kappa shape index (κ3) is 4.59. The zero-order valence-electron chi connectivity index (χ0n) is 18.5. The van der Waals surface area contributed by atoms with Crippen molar-refractivity contribution in [1.82, 2.24) is 9.88 Å². The van der Waals surface area contributed by atoms with Gasteiger partial charge in [-0.2, -0.15) is 10.2 Å². The van der Waals surface area contributed by atoms with Gasteiger partial charge in [-0.1, -0.05) is 45.0 Å². The lowest BCUT2D eigenvalue weighted by molar-refractivity contribution is 0.0713. The highest BCUT2D eigenvalue weighted by Gasteiger charge is 2.27. The second kappa shape index (κ2) is 8.75. The number of anilines is 1. The minimum Gasteiger partial charge on any atom is -0.459 e. The van der Waals surface area contributed by atoms with Crippen LogP contribution in [0.25, 0.3) is 12.2 Å². The number of amides is 1. The molecule has 0 aliphatic carbocycles. The molecule has 0 spiro atoms. The number of carbonyl (C=O) groups excluding carboxylic acids is 1. The Balaban J connectivity index is 1.43. The fourth-order valence-electron chi connectivity index (χ4n) is 3.62. The molecule has 7 heteroatoms. The van der Waals surface area contributed by atoms with Crippen molar-refractivity contribution in [3.8, 4) is 6.07 Å². The Morgan fingerprint density at radius 2 is 1.81 bits per heavy atom. The molecule has 0 N–H and O–H groups in total. The maximum atomic E-state index is 12.4. The van der Waals surface area contributed by atoms with E-state index in [1.165, 1.54) is 11.8 Å². The minimum atomic E-state index is -0.131. The van der Waals surface area contributed by atoms with E-state index in [1.54, 1.807) is 23.1 Å². The Hall–Kier alpha value is -3.79. The average molecular weight is 431 g/mol. The van der Waals surface area contributed by atoms with Crippen LogP contribution >= 0.6 is 0 Å². The highest BCUT2D eigenvalue weighted by molar-refractivity contribution is 5.91. The van der Waals surface area contributed by atoms with Crippen molar-refractivity contribution in [1.29, 1.82) is 5.26 Å². The van der Waals surface area contributed by atoms with Crippen LogP contribution in [-0.2, 0) is 5.41 Å². The second-order valence-corrected chi connectivity index (χ2v) is 8.78. The average Bonchev–Trinajstić information content (AvgIpc) is 3.47. The Morgan fingerprint density at radius 3 is 2.41 bits per heavy atom. The van der Waals surface area contributed by atoms with Crippen molar-refractivity contribution >= 4 is 23.9 Å². The van der Waals surface area contributed by atoms with Crippen LogP contribution in [0.2, 0.25) is 0 Å². The molecule has 2 aromatic heterocycles. The SMILES string of the molecule is CC(C)(C)c1ccc(/C=C/c2nc(C#N)c(N3CCN(C(=O)c4ccco4)CC3)o2)cc1. The quantitative estimate of drug-likeness (QED) is 0.603. The van der Waals surface area contributed by atoms with E-state index in [2.05, 4.69) is 56.1 Å². The molecule has 1 amide bonds. The summed E-state index contributed by atoms with van der Waals surface area (Å²) in [5, 5.41) is 9.52. The van der Waals surface area contributed by atoms with Gasteiger partial charge in [0.05, 0.1) is 6.26 Å². The number of aromatic nitrogens is 1.